The van der Waals surface area contributed by atoms with Crippen LogP contribution in [0.15, 0.2) is 36.4 Å². The van der Waals surface area contributed by atoms with Gasteiger partial charge in [0.05, 0.1) is 35.5 Å². The van der Waals surface area contributed by atoms with Crippen molar-refractivity contribution in [2.45, 2.75) is 6.92 Å². The largest absolute Gasteiger partial charge is 0.492 e. The van der Waals surface area contributed by atoms with Crippen LogP contribution in [0.25, 0.3) is 0 Å². The van der Waals surface area contributed by atoms with Gasteiger partial charge in [0.25, 0.3) is 11.6 Å². The van der Waals surface area contributed by atoms with Gasteiger partial charge in [-0.2, -0.15) is 5.26 Å². The molecule has 0 aliphatic carbocycles. The Morgan fingerprint density at radius 2 is 2.04 bits per heavy atom. The highest BCUT2D eigenvalue weighted by Gasteiger charge is 2.18. The van der Waals surface area contributed by atoms with Crippen molar-refractivity contribution < 1.29 is 19.2 Å². The fraction of sp³-hybridized carbons (Fsp3) is 0.263. The van der Waals surface area contributed by atoms with Crippen LogP contribution in [0.4, 0.5) is 17.1 Å². The lowest BCUT2D eigenvalue weighted by Gasteiger charge is -2.12. The van der Waals surface area contributed by atoms with Crippen molar-refractivity contribution in [1.82, 2.24) is 0 Å². The van der Waals surface area contributed by atoms with Crippen LogP contribution in [0.2, 0.25) is 0 Å². The molecule has 0 atom stereocenters. The molecule has 9 heteroatoms. The quantitative estimate of drug-likeness (QED) is 0.386. The number of nitrogens with one attached hydrogen (secondary N) is 2. The van der Waals surface area contributed by atoms with E-state index >= 15 is 0 Å². The van der Waals surface area contributed by atoms with Gasteiger partial charge >= 0.3 is 0 Å². The maximum Gasteiger partial charge on any atom is 0.293 e. The van der Waals surface area contributed by atoms with Crippen LogP contribution in [0.3, 0.4) is 0 Å². The van der Waals surface area contributed by atoms with Gasteiger partial charge < -0.3 is 20.1 Å². The third kappa shape index (κ3) is 5.18. The summed E-state index contributed by atoms with van der Waals surface area (Å²) >= 11 is 0. The van der Waals surface area contributed by atoms with E-state index in [2.05, 4.69) is 10.6 Å². The lowest BCUT2D eigenvalue weighted by atomic mass is 10.1. The third-order valence-corrected chi connectivity index (χ3v) is 3.73. The molecule has 0 heterocycles. The Hall–Kier alpha value is -3.64. The highest BCUT2D eigenvalue weighted by atomic mass is 16.6. The summed E-state index contributed by atoms with van der Waals surface area (Å²) < 4.78 is 10.4. The first kappa shape index (κ1) is 20.7. The summed E-state index contributed by atoms with van der Waals surface area (Å²) in [5.41, 5.74) is 0.840. The van der Waals surface area contributed by atoms with Gasteiger partial charge in [0, 0.05) is 25.3 Å². The number of nitriles is 1. The first-order valence-electron chi connectivity index (χ1n) is 8.49. The molecule has 0 aliphatic rings. The second kappa shape index (κ2) is 9.89. The molecule has 0 saturated heterocycles. The molecule has 1 amide bonds. The molecular formula is C19H20N4O5. The van der Waals surface area contributed by atoms with Crippen molar-refractivity contribution in [2.24, 2.45) is 0 Å². The molecule has 0 fully saturated rings. The number of hydrogen-bond donors (Lipinski definition) is 2. The Kier molecular flexibility index (Phi) is 7.30. The zero-order valence-electron chi connectivity index (χ0n) is 15.5. The average Bonchev–Trinajstić information content (AvgIpc) is 2.69. The number of anilines is 2. The summed E-state index contributed by atoms with van der Waals surface area (Å²) in [6.45, 7) is 2.95. The number of amides is 1. The van der Waals surface area contributed by atoms with E-state index in [1.54, 1.807) is 19.1 Å². The molecule has 0 aromatic heterocycles. The Balaban J connectivity index is 2.28. The minimum atomic E-state index is -0.562. The Labute approximate surface area is 162 Å². The van der Waals surface area contributed by atoms with Crippen molar-refractivity contribution in [3.8, 4) is 11.8 Å². The Morgan fingerprint density at radius 1 is 1.25 bits per heavy atom. The zero-order valence-corrected chi connectivity index (χ0v) is 15.5. The van der Waals surface area contributed by atoms with Gasteiger partial charge in [0.15, 0.2) is 0 Å². The first-order valence-corrected chi connectivity index (χ1v) is 8.49. The number of nitro benzene ring substituents is 1. The van der Waals surface area contributed by atoms with E-state index in [1.165, 1.54) is 31.4 Å². The van der Waals surface area contributed by atoms with E-state index in [9.17, 15) is 14.9 Å². The summed E-state index contributed by atoms with van der Waals surface area (Å²) in [7, 11) is 1.53. The number of nitrogens with zero attached hydrogens (tertiary/aromatic N) is 2. The number of benzene rings is 2. The van der Waals surface area contributed by atoms with E-state index in [4.69, 9.17) is 14.7 Å². The number of ether oxygens (including phenoxy) is 2. The van der Waals surface area contributed by atoms with Crippen LogP contribution in [0.5, 0.6) is 5.75 Å². The number of carbonyl (C=O) groups is 1. The summed E-state index contributed by atoms with van der Waals surface area (Å²) in [6, 6.07) is 10.8. The fourth-order valence-electron chi connectivity index (χ4n) is 2.43. The molecule has 9 nitrogen and oxygen atoms in total. The number of nitro groups is 1. The SMILES string of the molecule is CCOc1ccc(C#N)cc1NC(=O)c1ccc(NCCOC)c([N+](=O)[O-])c1. The number of carbonyl (C=O) groups excluding carboxylic acids is 1. The molecule has 2 N–H and O–H groups in total. The molecule has 2 aromatic rings. The standard InChI is InChI=1S/C19H20N4O5/c1-3-28-18-7-4-13(12-20)10-16(18)22-19(24)14-5-6-15(21-8-9-27-2)17(11-14)23(25)26/h4-7,10-11,21H,3,8-9H2,1-2H3,(H,22,24). The highest BCUT2D eigenvalue weighted by molar-refractivity contribution is 6.06. The van der Waals surface area contributed by atoms with Crippen molar-refractivity contribution in [1.29, 1.82) is 5.26 Å². The summed E-state index contributed by atoms with van der Waals surface area (Å²) in [6.07, 6.45) is 0. The van der Waals surface area contributed by atoms with Crippen molar-refractivity contribution >= 4 is 23.0 Å². The molecule has 0 saturated carbocycles. The topological polar surface area (TPSA) is 127 Å². The van der Waals surface area contributed by atoms with Gasteiger partial charge in [-0.3, -0.25) is 14.9 Å². The van der Waals surface area contributed by atoms with Gasteiger partial charge in [-0.1, -0.05) is 0 Å². The normalized spacial score (nSPS) is 10.0. The predicted molar refractivity (Wildman–Crippen MR) is 104 cm³/mol. The van der Waals surface area contributed by atoms with Crippen LogP contribution in [-0.4, -0.2) is 37.7 Å². The van der Waals surface area contributed by atoms with Crippen LogP contribution in [0.1, 0.15) is 22.8 Å². The number of hydrogen-bond acceptors (Lipinski definition) is 7. The second-order valence-electron chi connectivity index (χ2n) is 5.62. The molecule has 2 aromatic carbocycles. The fourth-order valence-corrected chi connectivity index (χ4v) is 2.43. The van der Waals surface area contributed by atoms with E-state index in [0.29, 0.717) is 42.4 Å². The maximum atomic E-state index is 12.6. The second-order valence-corrected chi connectivity index (χ2v) is 5.62. The Bertz CT molecular complexity index is 908. The zero-order chi connectivity index (χ0) is 20.5. The van der Waals surface area contributed by atoms with E-state index in [-0.39, 0.29) is 11.3 Å². The molecule has 0 radical (unpaired) electrons. The third-order valence-electron chi connectivity index (χ3n) is 3.73. The molecule has 0 aliphatic heterocycles. The van der Waals surface area contributed by atoms with Gasteiger partial charge in [-0.25, -0.2) is 0 Å². The minimum absolute atomic E-state index is 0.105. The van der Waals surface area contributed by atoms with Crippen LogP contribution in [-0.2, 0) is 4.74 Å². The molecular weight excluding hydrogens is 364 g/mol. The van der Waals surface area contributed by atoms with Crippen LogP contribution in [0, 0.1) is 21.4 Å². The molecule has 0 bridgehead atoms. The molecule has 0 spiro atoms. The monoisotopic (exact) mass is 384 g/mol. The average molecular weight is 384 g/mol. The summed E-state index contributed by atoms with van der Waals surface area (Å²) in [5, 5.41) is 26.0. The van der Waals surface area contributed by atoms with Crippen molar-refractivity contribution in [3.63, 3.8) is 0 Å². The Morgan fingerprint density at radius 3 is 2.68 bits per heavy atom. The van der Waals surface area contributed by atoms with Gasteiger partial charge in [-0.05, 0) is 37.3 Å². The predicted octanol–water partition coefficient (Wildman–Crippen LogP) is 3.18. The van der Waals surface area contributed by atoms with Gasteiger partial charge in [0.1, 0.15) is 11.4 Å². The van der Waals surface area contributed by atoms with E-state index in [1.807, 2.05) is 6.07 Å². The maximum absolute atomic E-state index is 12.6. The van der Waals surface area contributed by atoms with E-state index < -0.39 is 10.8 Å². The lowest BCUT2D eigenvalue weighted by Crippen LogP contribution is -2.14. The summed E-state index contributed by atoms with van der Waals surface area (Å²) in [5.74, 6) is -0.148. The first-order chi connectivity index (χ1) is 13.5. The van der Waals surface area contributed by atoms with Crippen LogP contribution < -0.4 is 15.4 Å². The lowest BCUT2D eigenvalue weighted by molar-refractivity contribution is -0.384. The highest BCUT2D eigenvalue weighted by Crippen LogP contribution is 2.28. The summed E-state index contributed by atoms with van der Waals surface area (Å²) in [4.78, 5) is 23.4. The van der Waals surface area contributed by atoms with Gasteiger partial charge in [-0.15, -0.1) is 0 Å². The molecule has 146 valence electrons. The van der Waals surface area contributed by atoms with Crippen molar-refractivity contribution in [2.75, 3.05) is 37.5 Å². The van der Waals surface area contributed by atoms with Crippen LogP contribution >= 0.6 is 0 Å². The van der Waals surface area contributed by atoms with Crippen molar-refractivity contribution in [3.05, 3.63) is 57.6 Å². The molecule has 0 unspecified atom stereocenters. The molecule has 2 rings (SSSR count). The van der Waals surface area contributed by atoms with E-state index in [0.717, 1.165) is 0 Å². The molecule has 28 heavy (non-hydrogen) atoms. The minimum Gasteiger partial charge on any atom is -0.492 e. The smallest absolute Gasteiger partial charge is 0.293 e. The number of methoxy groups -OCH3 is 1. The number of rotatable bonds is 9. The van der Waals surface area contributed by atoms with Gasteiger partial charge in [0.2, 0.25) is 0 Å².